The van der Waals surface area contributed by atoms with Crippen molar-refractivity contribution in [2.75, 3.05) is 0 Å². The lowest BCUT2D eigenvalue weighted by atomic mass is 10.1. The molecule has 0 fully saturated rings. The predicted octanol–water partition coefficient (Wildman–Crippen LogP) is 3.91. The van der Waals surface area contributed by atoms with Crippen LogP contribution in [0.2, 0.25) is 0 Å². The van der Waals surface area contributed by atoms with E-state index in [9.17, 15) is 9.59 Å². The molecule has 0 N–H and O–H groups in total. The third kappa shape index (κ3) is 4.05. The van der Waals surface area contributed by atoms with E-state index in [0.29, 0.717) is 11.4 Å². The molecule has 0 spiro atoms. The Morgan fingerprint density at radius 2 is 1.84 bits per heavy atom. The van der Waals surface area contributed by atoms with E-state index in [0.717, 1.165) is 33.5 Å². The summed E-state index contributed by atoms with van der Waals surface area (Å²) in [5.74, 6) is 0.247. The highest BCUT2D eigenvalue weighted by Gasteiger charge is 2.21. The Morgan fingerprint density at radius 1 is 1.10 bits per heavy atom. The highest BCUT2D eigenvalue weighted by Crippen LogP contribution is 2.29. The van der Waals surface area contributed by atoms with Gasteiger partial charge >= 0.3 is 5.97 Å². The Balaban J connectivity index is 1.82. The van der Waals surface area contributed by atoms with Gasteiger partial charge in [-0.25, -0.2) is 9.50 Å². The van der Waals surface area contributed by atoms with E-state index in [-0.39, 0.29) is 18.3 Å². The Bertz CT molecular complexity index is 1340. The predicted molar refractivity (Wildman–Crippen MR) is 117 cm³/mol. The molecule has 160 valence electrons. The number of hydrogen-bond donors (Lipinski definition) is 0. The van der Waals surface area contributed by atoms with E-state index >= 15 is 0 Å². The normalized spacial score (nSPS) is 11.9. The lowest BCUT2D eigenvalue weighted by molar-refractivity contribution is -0.155. The van der Waals surface area contributed by atoms with Gasteiger partial charge in [-0.3, -0.25) is 14.6 Å². The zero-order valence-electron chi connectivity index (χ0n) is 18.6. The van der Waals surface area contributed by atoms with Crippen molar-refractivity contribution in [2.45, 2.75) is 53.7 Å². The molecule has 8 heteroatoms. The molecule has 4 aromatic heterocycles. The summed E-state index contributed by atoms with van der Waals surface area (Å²) < 4.78 is 8.92. The largest absolute Gasteiger partial charge is 0.459 e. The van der Waals surface area contributed by atoms with Crippen LogP contribution in [0.15, 0.2) is 30.6 Å². The van der Waals surface area contributed by atoms with Gasteiger partial charge in [0, 0.05) is 28.9 Å². The van der Waals surface area contributed by atoms with Crippen molar-refractivity contribution < 1.29 is 14.3 Å². The van der Waals surface area contributed by atoms with Crippen molar-refractivity contribution in [3.05, 3.63) is 47.7 Å². The molecule has 0 saturated carbocycles. The lowest BCUT2D eigenvalue weighted by Crippen LogP contribution is -2.26. The first kappa shape index (κ1) is 20.7. The first-order chi connectivity index (χ1) is 14.5. The molecular weight excluding hydrogens is 394 g/mol. The summed E-state index contributed by atoms with van der Waals surface area (Å²) in [5.41, 5.74) is 3.77. The summed E-state index contributed by atoms with van der Waals surface area (Å²) in [6.45, 7) is 10.7. The lowest BCUT2D eigenvalue weighted by Gasteiger charge is -2.20. The molecule has 0 aliphatic rings. The summed E-state index contributed by atoms with van der Waals surface area (Å²) in [5, 5.41) is 5.12. The van der Waals surface area contributed by atoms with Crippen molar-refractivity contribution in [1.29, 1.82) is 0 Å². The molecule has 0 saturated heterocycles. The van der Waals surface area contributed by atoms with Gasteiger partial charge in [0.05, 0.1) is 16.9 Å². The van der Waals surface area contributed by atoms with Crippen molar-refractivity contribution >= 4 is 28.3 Å². The number of esters is 1. The van der Waals surface area contributed by atoms with E-state index < -0.39 is 5.60 Å². The van der Waals surface area contributed by atoms with Crippen LogP contribution < -0.4 is 0 Å². The quantitative estimate of drug-likeness (QED) is 0.368. The third-order valence-electron chi connectivity index (χ3n) is 4.86. The fourth-order valence-electron chi connectivity index (χ4n) is 3.74. The van der Waals surface area contributed by atoms with Crippen molar-refractivity contribution in [2.24, 2.45) is 0 Å². The number of ketones is 1. The number of rotatable bonds is 4. The highest BCUT2D eigenvalue weighted by atomic mass is 16.6. The smallest absolute Gasteiger partial charge is 0.326 e. The molecule has 0 aliphatic heterocycles. The number of fused-ring (bicyclic) bond motifs is 2. The third-order valence-corrected chi connectivity index (χ3v) is 4.86. The van der Waals surface area contributed by atoms with Crippen LogP contribution in [0.4, 0.5) is 0 Å². The van der Waals surface area contributed by atoms with Crippen molar-refractivity contribution in [3.63, 3.8) is 0 Å². The van der Waals surface area contributed by atoms with Crippen LogP contribution in [0.3, 0.4) is 0 Å². The molecule has 4 rings (SSSR count). The second kappa shape index (κ2) is 7.30. The van der Waals surface area contributed by atoms with Gasteiger partial charge in [0.1, 0.15) is 18.0 Å². The number of carbonyl (C=O) groups is 2. The van der Waals surface area contributed by atoms with Gasteiger partial charge < -0.3 is 9.30 Å². The zero-order valence-corrected chi connectivity index (χ0v) is 18.6. The van der Waals surface area contributed by atoms with Crippen LogP contribution in [0.1, 0.15) is 49.6 Å². The number of hydrogen-bond acceptors (Lipinski definition) is 6. The van der Waals surface area contributed by atoms with Crippen molar-refractivity contribution in [1.82, 2.24) is 24.1 Å². The molecule has 4 heterocycles. The van der Waals surface area contributed by atoms with Gasteiger partial charge in [-0.15, -0.1) is 0 Å². The molecule has 0 unspecified atom stereocenters. The number of aromatic nitrogens is 5. The van der Waals surface area contributed by atoms with Crippen LogP contribution in [0.5, 0.6) is 0 Å². The molecule has 4 aromatic rings. The van der Waals surface area contributed by atoms with Crippen LogP contribution in [-0.2, 0) is 16.1 Å². The Morgan fingerprint density at radius 3 is 2.52 bits per heavy atom. The summed E-state index contributed by atoms with van der Waals surface area (Å²) in [7, 11) is 0. The standard InChI is InChI=1S/C23H25N5O3/c1-13-22-17(18(14(2)29)11-27(22)12-21(30)31-23(4,5)6)9-19(24-13)16-7-8-20-25-15(3)26-28(20)10-16/h7-11H,12H2,1-6H3. The van der Waals surface area contributed by atoms with E-state index in [4.69, 9.17) is 9.72 Å². The number of carbonyl (C=O) groups excluding carboxylic acids is 2. The van der Waals surface area contributed by atoms with Gasteiger partial charge in [-0.05, 0) is 59.7 Å². The fraction of sp³-hybridized carbons (Fsp3) is 0.348. The second-order valence-corrected chi connectivity index (χ2v) is 8.68. The molecule has 0 amide bonds. The summed E-state index contributed by atoms with van der Waals surface area (Å²) >= 11 is 0. The minimum atomic E-state index is -0.581. The first-order valence-electron chi connectivity index (χ1n) is 10.1. The summed E-state index contributed by atoms with van der Waals surface area (Å²) in [6, 6.07) is 5.70. The Labute approximate surface area is 179 Å². The zero-order chi connectivity index (χ0) is 22.5. The maximum atomic E-state index is 12.4. The molecule has 0 bridgehead atoms. The first-order valence-corrected chi connectivity index (χ1v) is 10.1. The van der Waals surface area contributed by atoms with Gasteiger partial charge in [-0.1, -0.05) is 0 Å². The number of aryl methyl sites for hydroxylation is 2. The minimum absolute atomic E-state index is 0.00705. The maximum Gasteiger partial charge on any atom is 0.326 e. The number of nitrogens with zero attached hydrogens (tertiary/aromatic N) is 5. The van der Waals surface area contributed by atoms with E-state index in [1.165, 1.54) is 6.92 Å². The second-order valence-electron chi connectivity index (χ2n) is 8.68. The summed E-state index contributed by atoms with van der Waals surface area (Å²) in [6.07, 6.45) is 3.58. The average molecular weight is 419 g/mol. The van der Waals surface area contributed by atoms with E-state index in [1.807, 2.05) is 59.0 Å². The van der Waals surface area contributed by atoms with Crippen LogP contribution in [0, 0.1) is 13.8 Å². The average Bonchev–Trinajstić information content (AvgIpc) is 3.19. The number of ether oxygens (including phenoxy) is 1. The van der Waals surface area contributed by atoms with Crippen LogP contribution >= 0.6 is 0 Å². The van der Waals surface area contributed by atoms with Crippen molar-refractivity contribution in [3.8, 4) is 11.3 Å². The number of Topliss-reactive ketones (excluding diaryl/α,β-unsaturated/α-hetero) is 1. The van der Waals surface area contributed by atoms with Crippen LogP contribution in [0.25, 0.3) is 27.8 Å². The maximum absolute atomic E-state index is 12.4. The molecule has 0 radical (unpaired) electrons. The molecule has 8 nitrogen and oxygen atoms in total. The molecule has 0 aliphatic carbocycles. The molecular formula is C23H25N5O3. The highest BCUT2D eigenvalue weighted by molar-refractivity contribution is 6.08. The minimum Gasteiger partial charge on any atom is -0.459 e. The molecule has 0 atom stereocenters. The molecule has 31 heavy (non-hydrogen) atoms. The van der Waals surface area contributed by atoms with Gasteiger partial charge in [0.25, 0.3) is 0 Å². The van der Waals surface area contributed by atoms with E-state index in [2.05, 4.69) is 10.1 Å². The topological polar surface area (TPSA) is 91.4 Å². The fourth-order valence-corrected chi connectivity index (χ4v) is 3.74. The number of pyridine rings is 2. The van der Waals surface area contributed by atoms with Gasteiger partial charge in [0.2, 0.25) is 0 Å². The van der Waals surface area contributed by atoms with Crippen LogP contribution in [-0.4, -0.2) is 41.5 Å². The van der Waals surface area contributed by atoms with Gasteiger partial charge in [0.15, 0.2) is 11.4 Å². The van der Waals surface area contributed by atoms with Gasteiger partial charge in [-0.2, -0.15) is 5.10 Å². The summed E-state index contributed by atoms with van der Waals surface area (Å²) in [4.78, 5) is 33.9. The van der Waals surface area contributed by atoms with E-state index in [1.54, 1.807) is 15.3 Å². The molecule has 0 aromatic carbocycles. The Kier molecular flexibility index (Phi) is 4.88. The Hall–Kier alpha value is -3.55. The monoisotopic (exact) mass is 419 g/mol. The SMILES string of the molecule is CC(=O)c1cn(CC(=O)OC(C)(C)C)c2c(C)nc(-c3ccc4nc(C)nn4c3)cc12.